The van der Waals surface area contributed by atoms with Gasteiger partial charge in [0.1, 0.15) is 6.29 Å². The first-order chi connectivity index (χ1) is 15.4. The third-order valence-corrected chi connectivity index (χ3v) is 6.15. The lowest BCUT2D eigenvalue weighted by molar-refractivity contribution is -0.109. The van der Waals surface area contributed by atoms with Crippen LogP contribution in [0.2, 0.25) is 5.02 Å². The molecule has 164 valence electrons. The topological polar surface area (TPSA) is 107 Å². The largest absolute Gasteiger partial charge is 0.360 e. The molecular weight excluding hydrogens is 429 g/mol. The monoisotopic (exact) mass is 451 g/mol. The van der Waals surface area contributed by atoms with Gasteiger partial charge in [0.15, 0.2) is 7.98 Å². The van der Waals surface area contributed by atoms with Crippen molar-refractivity contribution in [1.29, 1.82) is 0 Å². The predicted molar refractivity (Wildman–Crippen MR) is 125 cm³/mol. The molecule has 0 bridgehead atoms. The van der Waals surface area contributed by atoms with Gasteiger partial charge in [-0.2, -0.15) is 5.10 Å². The summed E-state index contributed by atoms with van der Waals surface area (Å²) in [6, 6.07) is 6.59. The first-order valence-corrected chi connectivity index (χ1v) is 10.7. The zero-order chi connectivity index (χ0) is 22.8. The molecule has 3 aromatic rings. The van der Waals surface area contributed by atoms with E-state index >= 15 is 0 Å². The Labute approximate surface area is 191 Å². The van der Waals surface area contributed by atoms with E-state index in [0.717, 1.165) is 27.6 Å². The van der Waals surface area contributed by atoms with Gasteiger partial charge < -0.3 is 20.2 Å². The standard InChI is InChI=1S/C22H23BClN5O3/c1-12-17-4-5-29(22(32)13-2-3-14-8-26-28-19(14)7-13)10-15(17)6-18(24)20(12)21(31)27-16(11-30)9-25-23/h2-3,6-8,11,16,25H,4-5,9-10,23H2,1H3,(H,26,28)(H,27,31)/t16-/m0/s1. The van der Waals surface area contributed by atoms with E-state index in [4.69, 9.17) is 11.6 Å². The Morgan fingerprint density at radius 1 is 1.38 bits per heavy atom. The van der Waals surface area contributed by atoms with Crippen molar-refractivity contribution >= 4 is 48.6 Å². The van der Waals surface area contributed by atoms with Crippen molar-refractivity contribution in [1.82, 2.24) is 25.6 Å². The Morgan fingerprint density at radius 2 is 2.19 bits per heavy atom. The number of aldehydes is 1. The summed E-state index contributed by atoms with van der Waals surface area (Å²) in [5.74, 6) is -0.447. The highest BCUT2D eigenvalue weighted by atomic mass is 35.5. The number of hydrogen-bond acceptors (Lipinski definition) is 5. The molecule has 0 aliphatic carbocycles. The van der Waals surface area contributed by atoms with Crippen molar-refractivity contribution in [2.75, 3.05) is 13.1 Å². The van der Waals surface area contributed by atoms with Crippen LogP contribution in [0.25, 0.3) is 10.9 Å². The predicted octanol–water partition coefficient (Wildman–Crippen LogP) is 1.16. The number of H-pyrrole nitrogens is 1. The van der Waals surface area contributed by atoms with Gasteiger partial charge in [0, 0.05) is 30.6 Å². The summed E-state index contributed by atoms with van der Waals surface area (Å²) in [6.45, 7) is 3.14. The normalized spacial score (nSPS) is 14.1. The van der Waals surface area contributed by atoms with Gasteiger partial charge >= 0.3 is 0 Å². The van der Waals surface area contributed by atoms with E-state index in [9.17, 15) is 14.4 Å². The van der Waals surface area contributed by atoms with Gasteiger partial charge in [-0.25, -0.2) is 0 Å². The molecular formula is C22H23BClN5O3. The molecule has 1 aromatic heterocycles. The lowest BCUT2D eigenvalue weighted by Gasteiger charge is -2.31. The van der Waals surface area contributed by atoms with Crippen LogP contribution in [-0.4, -0.2) is 60.3 Å². The second-order valence-corrected chi connectivity index (χ2v) is 8.33. The third kappa shape index (κ3) is 4.13. The smallest absolute Gasteiger partial charge is 0.254 e. The number of benzene rings is 2. The molecule has 1 atom stereocenters. The van der Waals surface area contributed by atoms with Gasteiger partial charge in [-0.05, 0) is 48.2 Å². The number of carbonyl (C=O) groups excluding carboxylic acids is 3. The van der Waals surface area contributed by atoms with E-state index in [1.165, 1.54) is 0 Å². The average Bonchev–Trinajstić information content (AvgIpc) is 3.25. The molecule has 3 N–H and O–H groups in total. The second kappa shape index (κ2) is 9.14. The molecule has 0 spiro atoms. The van der Waals surface area contributed by atoms with Crippen molar-refractivity contribution in [3.05, 3.63) is 63.3 Å². The summed E-state index contributed by atoms with van der Waals surface area (Å²) < 4.78 is 0. The van der Waals surface area contributed by atoms with Crippen LogP contribution in [0.1, 0.15) is 37.4 Å². The molecule has 32 heavy (non-hydrogen) atoms. The maximum Gasteiger partial charge on any atom is 0.254 e. The lowest BCUT2D eigenvalue weighted by Crippen LogP contribution is -2.43. The van der Waals surface area contributed by atoms with Gasteiger partial charge in [-0.1, -0.05) is 17.7 Å². The molecule has 0 saturated heterocycles. The number of hydrogen-bond donors (Lipinski definition) is 3. The third-order valence-electron chi connectivity index (χ3n) is 5.86. The lowest BCUT2D eigenvalue weighted by atomic mass is 9.91. The highest BCUT2D eigenvalue weighted by Crippen LogP contribution is 2.31. The first-order valence-electron chi connectivity index (χ1n) is 10.4. The Bertz CT molecular complexity index is 1210. The number of fused-ring (bicyclic) bond motifs is 2. The molecule has 2 amide bonds. The van der Waals surface area contributed by atoms with E-state index in [1.54, 1.807) is 37.3 Å². The molecule has 1 aliphatic heterocycles. The highest BCUT2D eigenvalue weighted by molar-refractivity contribution is 6.34. The fourth-order valence-electron chi connectivity index (χ4n) is 4.20. The number of nitrogens with zero attached hydrogens (tertiary/aromatic N) is 2. The van der Waals surface area contributed by atoms with Gasteiger partial charge in [0.2, 0.25) is 0 Å². The first kappa shape index (κ1) is 22.0. The summed E-state index contributed by atoms with van der Waals surface area (Å²) in [7, 11) is 1.71. The number of nitrogens with one attached hydrogen (secondary N) is 3. The molecule has 1 aliphatic rings. The molecule has 10 heteroatoms. The van der Waals surface area contributed by atoms with Crippen molar-refractivity contribution in [3.63, 3.8) is 0 Å². The van der Waals surface area contributed by atoms with E-state index in [1.807, 2.05) is 13.0 Å². The fraction of sp³-hybridized carbons (Fsp3) is 0.273. The van der Waals surface area contributed by atoms with Gasteiger partial charge in [0.05, 0.1) is 28.3 Å². The van der Waals surface area contributed by atoms with Crippen LogP contribution in [-0.2, 0) is 17.8 Å². The summed E-state index contributed by atoms with van der Waals surface area (Å²) in [4.78, 5) is 38.9. The summed E-state index contributed by atoms with van der Waals surface area (Å²) in [6.07, 6.45) is 3.03. The Hall–Kier alpha value is -3.17. The minimum absolute atomic E-state index is 0.0661. The Balaban J connectivity index is 1.57. The van der Waals surface area contributed by atoms with E-state index < -0.39 is 6.04 Å². The van der Waals surface area contributed by atoms with E-state index in [0.29, 0.717) is 48.5 Å². The summed E-state index contributed by atoms with van der Waals surface area (Å²) in [5.41, 5.74) is 4.50. The number of carbonyl (C=O) groups is 3. The number of aromatic amines is 1. The number of rotatable bonds is 6. The maximum atomic E-state index is 13.1. The molecule has 2 heterocycles. The number of aromatic nitrogens is 2. The van der Waals surface area contributed by atoms with Crippen molar-refractivity contribution in [2.24, 2.45) is 0 Å². The Kier molecular flexibility index (Phi) is 6.29. The second-order valence-electron chi connectivity index (χ2n) is 7.92. The van der Waals surface area contributed by atoms with Gasteiger partial charge in [-0.3, -0.25) is 14.7 Å². The van der Waals surface area contributed by atoms with E-state index in [-0.39, 0.29) is 11.8 Å². The summed E-state index contributed by atoms with van der Waals surface area (Å²) in [5, 5.41) is 13.7. The molecule has 0 unspecified atom stereocenters. The molecule has 0 saturated carbocycles. The van der Waals surface area contributed by atoms with Crippen LogP contribution in [0.5, 0.6) is 0 Å². The zero-order valence-corrected chi connectivity index (χ0v) is 18.6. The minimum atomic E-state index is -0.640. The van der Waals surface area contributed by atoms with Crippen LogP contribution in [0.3, 0.4) is 0 Å². The van der Waals surface area contributed by atoms with Crippen molar-refractivity contribution in [3.8, 4) is 0 Å². The van der Waals surface area contributed by atoms with Crippen LogP contribution in [0, 0.1) is 6.92 Å². The van der Waals surface area contributed by atoms with Crippen LogP contribution >= 0.6 is 11.6 Å². The minimum Gasteiger partial charge on any atom is -0.360 e. The summed E-state index contributed by atoms with van der Waals surface area (Å²) >= 11 is 6.48. The SMILES string of the molecule is BNC[C@@H](C=O)NC(=O)c1c(Cl)cc2c(c1C)CCN(C(=O)c1ccc3cn[nH]c3c1)C2. The van der Waals surface area contributed by atoms with Crippen LogP contribution in [0.15, 0.2) is 30.5 Å². The average molecular weight is 452 g/mol. The Morgan fingerprint density at radius 3 is 2.94 bits per heavy atom. The van der Waals surface area contributed by atoms with E-state index in [2.05, 4.69) is 20.7 Å². The van der Waals surface area contributed by atoms with Crippen molar-refractivity contribution in [2.45, 2.75) is 25.9 Å². The molecule has 4 rings (SSSR count). The fourth-order valence-corrected chi connectivity index (χ4v) is 4.56. The number of amides is 2. The highest BCUT2D eigenvalue weighted by Gasteiger charge is 2.27. The van der Waals surface area contributed by atoms with Crippen LogP contribution < -0.4 is 10.5 Å². The van der Waals surface area contributed by atoms with Crippen molar-refractivity contribution < 1.29 is 14.4 Å². The maximum absolute atomic E-state index is 13.1. The van der Waals surface area contributed by atoms with Crippen LogP contribution in [0.4, 0.5) is 0 Å². The molecule has 0 fully saturated rings. The number of halogens is 1. The molecule has 8 nitrogen and oxygen atoms in total. The zero-order valence-electron chi connectivity index (χ0n) is 17.9. The quantitative estimate of drug-likeness (QED) is 0.385. The molecule has 2 aromatic carbocycles. The van der Waals surface area contributed by atoms with Gasteiger partial charge in [0.25, 0.3) is 11.8 Å². The van der Waals surface area contributed by atoms with Gasteiger partial charge in [-0.15, -0.1) is 0 Å². The molecule has 0 radical (unpaired) electrons.